The van der Waals surface area contributed by atoms with Gasteiger partial charge in [0, 0.05) is 61.1 Å². The number of piperidine rings is 2. The number of carbonyl (C=O) groups is 4. The lowest BCUT2D eigenvalue weighted by Gasteiger charge is -2.52. The highest BCUT2D eigenvalue weighted by Gasteiger charge is 2.46. The van der Waals surface area contributed by atoms with Gasteiger partial charge in [0.15, 0.2) is 0 Å². The molecular formula is C44H47N7O6. The number of anilines is 2. The molecule has 4 aliphatic heterocycles. The van der Waals surface area contributed by atoms with Crippen molar-refractivity contribution in [3.05, 3.63) is 107 Å². The van der Waals surface area contributed by atoms with Gasteiger partial charge in [-0.3, -0.25) is 29.4 Å². The van der Waals surface area contributed by atoms with Crippen LogP contribution in [0, 0.1) is 5.41 Å². The van der Waals surface area contributed by atoms with Crippen LogP contribution < -0.4 is 30.3 Å². The molecule has 1 aromatic heterocycles. The number of benzene rings is 3. The smallest absolute Gasteiger partial charge is 0.262 e. The molecule has 5 aliphatic rings. The molecule has 1 unspecified atom stereocenters. The van der Waals surface area contributed by atoms with Crippen LogP contribution in [0.5, 0.6) is 11.5 Å². The van der Waals surface area contributed by atoms with Crippen molar-refractivity contribution >= 4 is 35.3 Å². The number of nitrogens with one attached hydrogen (secondary N) is 3. The van der Waals surface area contributed by atoms with Crippen molar-refractivity contribution in [3.8, 4) is 11.5 Å². The maximum atomic E-state index is 13.2. The van der Waals surface area contributed by atoms with Crippen molar-refractivity contribution in [2.75, 3.05) is 36.4 Å². The fourth-order valence-corrected chi connectivity index (χ4v) is 8.81. The zero-order valence-electron chi connectivity index (χ0n) is 32.3. The lowest BCUT2D eigenvalue weighted by atomic mass is 9.72. The number of rotatable bonds is 11. The highest BCUT2D eigenvalue weighted by atomic mass is 16.5. The first-order valence-corrected chi connectivity index (χ1v) is 19.9. The fraction of sp³-hybridized carbons (Fsp3) is 0.409. The van der Waals surface area contributed by atoms with Gasteiger partial charge in [0.1, 0.15) is 30.3 Å². The molecule has 5 heterocycles. The fourth-order valence-electron chi connectivity index (χ4n) is 8.81. The summed E-state index contributed by atoms with van der Waals surface area (Å²) in [4.78, 5) is 62.8. The van der Waals surface area contributed by atoms with Crippen molar-refractivity contribution in [1.82, 2.24) is 25.5 Å². The minimum Gasteiger partial charge on any atom is -0.490 e. The van der Waals surface area contributed by atoms with Crippen LogP contribution in [0.15, 0.2) is 79.0 Å². The first kappa shape index (κ1) is 36.8. The Morgan fingerprint density at radius 3 is 2.25 bits per heavy atom. The van der Waals surface area contributed by atoms with Crippen LogP contribution in [0.2, 0.25) is 0 Å². The van der Waals surface area contributed by atoms with E-state index in [0.717, 1.165) is 72.7 Å². The van der Waals surface area contributed by atoms with Crippen molar-refractivity contribution in [2.24, 2.45) is 5.41 Å². The quantitative estimate of drug-likeness (QED) is 0.177. The highest BCUT2D eigenvalue weighted by Crippen LogP contribution is 2.40. The molecule has 57 heavy (non-hydrogen) atoms. The zero-order valence-corrected chi connectivity index (χ0v) is 32.3. The summed E-state index contributed by atoms with van der Waals surface area (Å²) in [5.74, 6) is 0.344. The molecule has 9 rings (SSSR count). The van der Waals surface area contributed by atoms with Crippen molar-refractivity contribution in [2.45, 2.75) is 82.6 Å². The number of aromatic nitrogens is 2. The van der Waals surface area contributed by atoms with Gasteiger partial charge in [-0.15, -0.1) is 0 Å². The summed E-state index contributed by atoms with van der Waals surface area (Å²) in [6.07, 6.45) is 6.08. The first-order valence-electron chi connectivity index (χ1n) is 19.9. The molecule has 1 atom stereocenters. The Labute approximate surface area is 331 Å². The third kappa shape index (κ3) is 7.20. The van der Waals surface area contributed by atoms with Crippen LogP contribution in [0.3, 0.4) is 0 Å². The van der Waals surface area contributed by atoms with E-state index in [9.17, 15) is 19.2 Å². The van der Waals surface area contributed by atoms with Gasteiger partial charge in [-0.05, 0) is 92.0 Å². The van der Waals surface area contributed by atoms with Crippen LogP contribution in [0.1, 0.15) is 89.9 Å². The SMILES string of the molecule is CC(C)(c1ccc(OCc2ccnc(N3CC4(CCNCC4)C3)n2)cc1)c1ccc(O[C@H]2C[C@@H](Nc3ccc4c(c3)C(=O)N(C3CCC(=O)NC3=O)C4=O)C2)cc1. The second-order valence-electron chi connectivity index (χ2n) is 16.7. The average Bonchev–Trinajstić information content (AvgIpc) is 3.44. The van der Waals surface area contributed by atoms with Gasteiger partial charge in [0.05, 0.1) is 16.8 Å². The number of hydrogen-bond acceptors (Lipinski definition) is 11. The molecule has 13 heteroatoms. The maximum Gasteiger partial charge on any atom is 0.262 e. The Kier molecular flexibility index (Phi) is 9.42. The number of imide groups is 2. The number of hydrogen-bond donors (Lipinski definition) is 3. The normalized spacial score (nSPS) is 22.7. The van der Waals surface area contributed by atoms with E-state index >= 15 is 0 Å². The van der Waals surface area contributed by atoms with Crippen LogP contribution >= 0.6 is 0 Å². The molecule has 3 N–H and O–H groups in total. The number of ether oxygens (including phenoxy) is 2. The minimum absolute atomic E-state index is 0.0469. The molecule has 1 aliphatic carbocycles. The summed E-state index contributed by atoms with van der Waals surface area (Å²) in [6, 6.07) is 22.7. The van der Waals surface area contributed by atoms with E-state index in [1.165, 1.54) is 24.0 Å². The van der Waals surface area contributed by atoms with E-state index < -0.39 is 29.7 Å². The second kappa shape index (κ2) is 14.6. The number of nitrogens with zero attached hydrogens (tertiary/aromatic N) is 4. The topological polar surface area (TPSA) is 155 Å². The number of fused-ring (bicyclic) bond motifs is 1. The largest absolute Gasteiger partial charge is 0.490 e. The molecule has 4 fully saturated rings. The Morgan fingerprint density at radius 2 is 1.54 bits per heavy atom. The molecule has 4 amide bonds. The molecule has 294 valence electrons. The van der Waals surface area contributed by atoms with E-state index in [-0.39, 0.29) is 41.5 Å². The standard InChI is InChI=1S/C44H47N7O6/c1-43(2,27-3-8-32(9-4-27)56-24-30-15-18-46-42(48-30)50-25-44(26-50)16-19-45-20-17-44)28-5-10-33(11-6-28)57-34-21-31(22-34)47-29-7-12-35-36(23-29)41(55)51(40(35)54)37-13-14-38(52)49-39(37)53/h3-12,15,18,23,31,34,37,45,47H,13-14,16-17,19-22,24-26H2,1-2H3,(H,49,52,53)/t31-,34+,37?. The van der Waals surface area contributed by atoms with Gasteiger partial charge < -0.3 is 25.0 Å². The van der Waals surface area contributed by atoms with Crippen molar-refractivity contribution < 1.29 is 28.7 Å². The summed E-state index contributed by atoms with van der Waals surface area (Å²) in [7, 11) is 0. The molecule has 1 saturated carbocycles. The monoisotopic (exact) mass is 769 g/mol. The van der Waals surface area contributed by atoms with Crippen LogP contribution in [-0.2, 0) is 21.6 Å². The molecular weight excluding hydrogens is 723 g/mol. The van der Waals surface area contributed by atoms with Crippen LogP contribution in [-0.4, -0.2) is 82.9 Å². The Bertz CT molecular complexity index is 2200. The van der Waals surface area contributed by atoms with Gasteiger partial charge in [0.2, 0.25) is 17.8 Å². The lowest BCUT2D eigenvalue weighted by molar-refractivity contribution is -0.136. The molecule has 0 bridgehead atoms. The maximum absolute atomic E-state index is 13.2. The predicted octanol–water partition coefficient (Wildman–Crippen LogP) is 4.99. The van der Waals surface area contributed by atoms with E-state index in [2.05, 4.69) is 63.9 Å². The summed E-state index contributed by atoms with van der Waals surface area (Å²) >= 11 is 0. The second-order valence-corrected chi connectivity index (χ2v) is 16.7. The van der Waals surface area contributed by atoms with E-state index in [1.807, 2.05) is 36.5 Å². The first-order chi connectivity index (χ1) is 27.5. The molecule has 4 aromatic rings. The zero-order chi connectivity index (χ0) is 39.3. The van der Waals surface area contributed by atoms with Gasteiger partial charge in [-0.1, -0.05) is 38.1 Å². The Balaban J connectivity index is 0.743. The highest BCUT2D eigenvalue weighted by molar-refractivity contribution is 6.23. The summed E-state index contributed by atoms with van der Waals surface area (Å²) in [5, 5.41) is 9.14. The van der Waals surface area contributed by atoms with Crippen molar-refractivity contribution in [1.29, 1.82) is 0 Å². The van der Waals surface area contributed by atoms with Gasteiger partial charge in [-0.2, -0.15) is 0 Å². The van der Waals surface area contributed by atoms with E-state index in [0.29, 0.717) is 12.0 Å². The molecule has 13 nitrogen and oxygen atoms in total. The third-order valence-electron chi connectivity index (χ3n) is 12.4. The molecule has 0 radical (unpaired) electrons. The van der Waals surface area contributed by atoms with E-state index in [4.69, 9.17) is 14.5 Å². The predicted molar refractivity (Wildman–Crippen MR) is 212 cm³/mol. The van der Waals surface area contributed by atoms with Gasteiger partial charge in [-0.25, -0.2) is 9.97 Å². The lowest BCUT2D eigenvalue weighted by Crippen LogP contribution is -2.60. The van der Waals surface area contributed by atoms with Gasteiger partial charge in [0.25, 0.3) is 11.8 Å². The van der Waals surface area contributed by atoms with Crippen LogP contribution in [0.25, 0.3) is 0 Å². The van der Waals surface area contributed by atoms with Crippen molar-refractivity contribution in [3.63, 3.8) is 0 Å². The molecule has 3 saturated heterocycles. The number of amides is 4. The number of carbonyl (C=O) groups excluding carboxylic acids is 4. The van der Waals surface area contributed by atoms with Gasteiger partial charge >= 0.3 is 0 Å². The molecule has 3 aromatic carbocycles. The average molecular weight is 770 g/mol. The molecule has 1 spiro atoms. The summed E-state index contributed by atoms with van der Waals surface area (Å²) < 4.78 is 12.4. The van der Waals surface area contributed by atoms with E-state index in [1.54, 1.807) is 18.2 Å². The van der Waals surface area contributed by atoms with Crippen LogP contribution in [0.4, 0.5) is 11.6 Å². The Hall–Kier alpha value is -5.82. The third-order valence-corrected chi connectivity index (χ3v) is 12.4. The Morgan fingerprint density at radius 1 is 0.860 bits per heavy atom. The summed E-state index contributed by atoms with van der Waals surface area (Å²) in [5.41, 5.74) is 4.63. The minimum atomic E-state index is -0.985. The summed E-state index contributed by atoms with van der Waals surface area (Å²) in [6.45, 7) is 9.04.